The fourth-order valence-electron chi connectivity index (χ4n) is 9.10. The van der Waals surface area contributed by atoms with Crippen molar-refractivity contribution >= 4 is 20.1 Å². The zero-order chi connectivity index (χ0) is 31.7. The van der Waals surface area contributed by atoms with E-state index < -0.39 is 8.32 Å². The number of hydrogen-bond donors (Lipinski definition) is 1. The van der Waals surface area contributed by atoms with Gasteiger partial charge >= 0.3 is 5.97 Å². The zero-order valence-corrected chi connectivity index (χ0v) is 29.9. The van der Waals surface area contributed by atoms with Crippen LogP contribution in [0.15, 0.2) is 30.3 Å². The number of rotatable bonds is 18. The van der Waals surface area contributed by atoms with Gasteiger partial charge in [0, 0.05) is 24.5 Å². The summed E-state index contributed by atoms with van der Waals surface area (Å²) in [5.41, 5.74) is 3.00. The van der Waals surface area contributed by atoms with Crippen molar-refractivity contribution in [2.24, 2.45) is 29.6 Å². The first-order chi connectivity index (χ1) is 20.5. The quantitative estimate of drug-likeness (QED) is 0.102. The zero-order valence-electron chi connectivity index (χ0n) is 28.9. The van der Waals surface area contributed by atoms with E-state index in [9.17, 15) is 9.59 Å². The summed E-state index contributed by atoms with van der Waals surface area (Å²) in [7, 11) is -1.75. The van der Waals surface area contributed by atoms with Gasteiger partial charge in [-0.15, -0.1) is 0 Å². The predicted molar refractivity (Wildman–Crippen MR) is 180 cm³/mol. The molecule has 1 saturated heterocycles. The molecule has 0 radical (unpaired) electrons. The normalized spacial score (nSPS) is 25.8. The minimum Gasteiger partial charge on any atom is -0.466 e. The molecule has 1 aromatic carbocycles. The van der Waals surface area contributed by atoms with Crippen molar-refractivity contribution in [3.63, 3.8) is 0 Å². The number of unbranched alkanes of at least 4 members (excludes halogenated alkanes) is 6. The minimum absolute atomic E-state index is 0.00661. The Morgan fingerprint density at radius 3 is 1.91 bits per heavy atom. The number of hydrogen-bond acceptors (Lipinski definition) is 5. The first-order valence-corrected chi connectivity index (χ1v) is 19.8. The number of esters is 1. The third kappa shape index (κ3) is 8.21. The molecule has 1 N–H and O–H groups in total. The van der Waals surface area contributed by atoms with Crippen molar-refractivity contribution in [1.82, 2.24) is 5.32 Å². The van der Waals surface area contributed by atoms with Crippen LogP contribution in [-0.2, 0) is 18.8 Å². The van der Waals surface area contributed by atoms with Gasteiger partial charge in [0.05, 0.1) is 18.6 Å². The summed E-state index contributed by atoms with van der Waals surface area (Å²) in [6, 6.07) is 9.68. The maximum Gasteiger partial charge on any atom is 0.311 e. The first-order valence-electron chi connectivity index (χ1n) is 17.6. The summed E-state index contributed by atoms with van der Waals surface area (Å²) in [4.78, 5) is 27.2. The Labute approximate surface area is 264 Å². The molecule has 0 aromatic heterocycles. The molecule has 1 aliphatic carbocycles. The van der Waals surface area contributed by atoms with Gasteiger partial charge in [0.2, 0.25) is 0 Å². The number of Topliss-reactive ketones (excluding diaryl/α,β-unsaturated/α-hetero) is 1. The Morgan fingerprint density at radius 2 is 1.37 bits per heavy atom. The summed E-state index contributed by atoms with van der Waals surface area (Å²) in [5, 5.41) is 3.63. The van der Waals surface area contributed by atoms with Crippen molar-refractivity contribution in [1.29, 1.82) is 0 Å². The fraction of sp³-hybridized carbons (Fsp3) is 0.784. The van der Waals surface area contributed by atoms with E-state index in [1.165, 1.54) is 32.1 Å². The van der Waals surface area contributed by atoms with Gasteiger partial charge in [-0.2, -0.15) is 0 Å². The number of fused-ring (bicyclic) bond motifs is 1. The molecule has 2 aliphatic rings. The molecule has 43 heavy (non-hydrogen) atoms. The SMILES string of the molecule is CCOC(=O)[C@@H]1[C@H]2[C@H](C(C)C)[C@@H](CCCCCCCCCO[Si](C(C)C)(C(C)C)C(C)C)C(=O)[C@H]2N[C@@H]1c1ccccc1. The molecule has 1 heterocycles. The number of benzene rings is 1. The molecule has 3 rings (SSSR count). The van der Waals surface area contributed by atoms with Crippen molar-refractivity contribution < 1.29 is 18.8 Å². The van der Waals surface area contributed by atoms with Gasteiger partial charge in [0.25, 0.3) is 0 Å². The van der Waals surface area contributed by atoms with E-state index in [4.69, 9.17) is 9.16 Å². The number of ether oxygens (including phenoxy) is 1. The molecular formula is C37H63NO4Si. The smallest absolute Gasteiger partial charge is 0.311 e. The van der Waals surface area contributed by atoms with Crippen LogP contribution in [-0.4, -0.2) is 39.3 Å². The van der Waals surface area contributed by atoms with Crippen LogP contribution in [0.3, 0.4) is 0 Å². The van der Waals surface area contributed by atoms with Crippen molar-refractivity contribution in [2.45, 2.75) is 142 Å². The summed E-state index contributed by atoms with van der Waals surface area (Å²) in [6.07, 6.45) is 9.33. The molecule has 0 spiro atoms. The van der Waals surface area contributed by atoms with E-state index in [2.05, 4.69) is 72.8 Å². The summed E-state index contributed by atoms with van der Waals surface area (Å²) < 4.78 is 12.3. The number of nitrogens with one attached hydrogen (secondary N) is 1. The Bertz CT molecular complexity index is 972. The highest BCUT2D eigenvalue weighted by Crippen LogP contribution is 2.53. The van der Waals surface area contributed by atoms with Crippen molar-refractivity contribution in [2.75, 3.05) is 13.2 Å². The molecule has 0 unspecified atom stereocenters. The average Bonchev–Trinajstić information content (AvgIpc) is 3.46. The maximum absolute atomic E-state index is 13.8. The second kappa shape index (κ2) is 16.7. The first kappa shape index (κ1) is 36.0. The maximum atomic E-state index is 13.8. The third-order valence-electron chi connectivity index (χ3n) is 10.8. The van der Waals surface area contributed by atoms with Gasteiger partial charge in [-0.05, 0) is 53.8 Å². The molecule has 1 saturated carbocycles. The van der Waals surface area contributed by atoms with Crippen LogP contribution in [0.2, 0.25) is 16.6 Å². The van der Waals surface area contributed by atoms with E-state index in [-0.39, 0.29) is 41.7 Å². The van der Waals surface area contributed by atoms with Crippen LogP contribution in [0.25, 0.3) is 0 Å². The lowest BCUT2D eigenvalue weighted by atomic mass is 9.72. The molecule has 0 bridgehead atoms. The van der Waals surface area contributed by atoms with E-state index >= 15 is 0 Å². The molecule has 1 aliphatic heterocycles. The largest absolute Gasteiger partial charge is 0.466 e. The van der Waals surface area contributed by atoms with Crippen LogP contribution in [0, 0.1) is 29.6 Å². The van der Waals surface area contributed by atoms with Gasteiger partial charge < -0.3 is 9.16 Å². The van der Waals surface area contributed by atoms with Crippen LogP contribution < -0.4 is 5.32 Å². The number of ketones is 1. The predicted octanol–water partition coefficient (Wildman–Crippen LogP) is 9.28. The van der Waals surface area contributed by atoms with Gasteiger partial charge in [0.1, 0.15) is 0 Å². The second-order valence-corrected chi connectivity index (χ2v) is 20.1. The number of carbonyl (C=O) groups is 2. The molecule has 2 fully saturated rings. The Balaban J connectivity index is 1.48. The highest BCUT2D eigenvalue weighted by molar-refractivity contribution is 6.77. The highest BCUT2D eigenvalue weighted by atomic mass is 28.4. The van der Waals surface area contributed by atoms with Crippen molar-refractivity contribution in [3.05, 3.63) is 35.9 Å². The van der Waals surface area contributed by atoms with Gasteiger partial charge in [0.15, 0.2) is 14.1 Å². The fourth-order valence-corrected chi connectivity index (χ4v) is 14.6. The van der Waals surface area contributed by atoms with Crippen LogP contribution in [0.4, 0.5) is 0 Å². The molecule has 5 nitrogen and oxygen atoms in total. The topological polar surface area (TPSA) is 64.6 Å². The minimum atomic E-state index is -1.75. The van der Waals surface area contributed by atoms with Crippen molar-refractivity contribution in [3.8, 4) is 0 Å². The van der Waals surface area contributed by atoms with Crippen LogP contribution >= 0.6 is 0 Å². The third-order valence-corrected chi connectivity index (χ3v) is 16.9. The molecule has 0 amide bonds. The molecule has 6 atom stereocenters. The molecule has 244 valence electrons. The van der Waals surface area contributed by atoms with Gasteiger partial charge in [-0.25, -0.2) is 0 Å². The monoisotopic (exact) mass is 613 g/mol. The summed E-state index contributed by atoms with van der Waals surface area (Å²) in [5.74, 6) is 0.391. The van der Waals surface area contributed by atoms with Gasteiger partial charge in [-0.3, -0.25) is 14.9 Å². The molecular weight excluding hydrogens is 550 g/mol. The summed E-state index contributed by atoms with van der Waals surface area (Å²) in [6.45, 7) is 21.7. The Morgan fingerprint density at radius 1 is 0.814 bits per heavy atom. The van der Waals surface area contributed by atoms with Crippen LogP contribution in [0.5, 0.6) is 0 Å². The van der Waals surface area contributed by atoms with E-state index in [0.717, 1.165) is 31.4 Å². The summed E-state index contributed by atoms with van der Waals surface area (Å²) >= 11 is 0. The molecule has 6 heteroatoms. The average molecular weight is 614 g/mol. The Hall–Kier alpha value is -1.50. The van der Waals surface area contributed by atoms with Gasteiger partial charge in [-0.1, -0.05) is 124 Å². The Kier molecular flexibility index (Phi) is 14.0. The van der Waals surface area contributed by atoms with E-state index in [0.29, 0.717) is 34.9 Å². The van der Waals surface area contributed by atoms with Crippen LogP contribution in [0.1, 0.15) is 125 Å². The lowest BCUT2D eigenvalue weighted by Crippen LogP contribution is -2.47. The van der Waals surface area contributed by atoms with E-state index in [1.807, 2.05) is 25.1 Å². The second-order valence-electron chi connectivity index (χ2n) is 14.6. The lowest BCUT2D eigenvalue weighted by molar-refractivity contribution is -0.151. The highest BCUT2D eigenvalue weighted by Gasteiger charge is 2.61. The number of carbonyl (C=O) groups excluding carboxylic acids is 2. The molecule has 1 aromatic rings. The van der Waals surface area contributed by atoms with E-state index in [1.54, 1.807) is 0 Å². The standard InChI is InChI=1S/C37H63NO4Si/c1-10-41-37(40)33-32-31(25(2)3)30(36(39)35(32)38-34(33)29-21-17-16-18-22-29)23-19-14-12-11-13-15-20-24-42-43(26(4)5,27(6)7)28(8)9/h16-18,21-22,25-28,30-35,38H,10-15,19-20,23-24H2,1-9H3/t30-,31-,32-,33-,34-,35+/m1/s1. The lowest BCUT2D eigenvalue weighted by Gasteiger charge is -2.42.